The van der Waals surface area contributed by atoms with Crippen LogP contribution in [0.4, 0.5) is 11.4 Å². The summed E-state index contributed by atoms with van der Waals surface area (Å²) in [5.74, 6) is 0. The van der Waals surface area contributed by atoms with Gasteiger partial charge in [-0.3, -0.25) is 0 Å². The molecule has 0 saturated carbocycles. The maximum absolute atomic E-state index is 9.65. The van der Waals surface area contributed by atoms with E-state index in [1.54, 1.807) is 0 Å². The number of hydrogen-bond acceptors (Lipinski definition) is 2. The molecule has 0 spiro atoms. The van der Waals surface area contributed by atoms with E-state index in [9.17, 15) is 5.26 Å². The molecule has 0 atom stereocenters. The molecule has 0 aromatic heterocycles. The van der Waals surface area contributed by atoms with E-state index >= 15 is 0 Å². The summed E-state index contributed by atoms with van der Waals surface area (Å²) in [6.07, 6.45) is 12.0. The molecule has 2 heterocycles. The first-order chi connectivity index (χ1) is 16.7. The molecule has 35 heavy (non-hydrogen) atoms. The summed E-state index contributed by atoms with van der Waals surface area (Å²) in [5, 5.41) is 9.65. The predicted octanol–water partition coefficient (Wildman–Crippen LogP) is 7.59. The van der Waals surface area contributed by atoms with Crippen LogP contribution in [0.25, 0.3) is 0 Å². The molecule has 0 saturated heterocycles. The van der Waals surface area contributed by atoms with Gasteiger partial charge >= 0.3 is 0 Å². The lowest BCUT2D eigenvalue weighted by Crippen LogP contribution is -2.26. The summed E-state index contributed by atoms with van der Waals surface area (Å²) in [7, 11) is 4.21. The molecule has 3 heteroatoms. The average Bonchev–Trinajstić information content (AvgIpc) is 3.18. The van der Waals surface area contributed by atoms with Crippen LogP contribution in [0, 0.1) is 11.3 Å². The van der Waals surface area contributed by atoms with Gasteiger partial charge in [0.1, 0.15) is 7.05 Å². The van der Waals surface area contributed by atoms with Crippen molar-refractivity contribution >= 4 is 17.1 Å². The Kier molecular flexibility index (Phi) is 7.66. The van der Waals surface area contributed by atoms with Crippen LogP contribution in [0.3, 0.4) is 0 Å². The third-order valence-electron chi connectivity index (χ3n) is 7.07. The first-order valence-electron chi connectivity index (χ1n) is 12.4. The molecule has 0 aliphatic carbocycles. The first-order valence-corrected chi connectivity index (χ1v) is 12.4. The van der Waals surface area contributed by atoms with Gasteiger partial charge < -0.3 is 4.90 Å². The van der Waals surface area contributed by atoms with Crippen LogP contribution in [0.15, 0.2) is 96.3 Å². The quantitative estimate of drug-likeness (QED) is 0.265. The Hall–Kier alpha value is -3.64. The molecule has 0 fully saturated rings. The van der Waals surface area contributed by atoms with Crippen molar-refractivity contribution in [3.05, 3.63) is 107 Å². The average molecular weight is 465 g/mol. The molecule has 4 rings (SSSR count). The van der Waals surface area contributed by atoms with Crippen molar-refractivity contribution in [1.82, 2.24) is 0 Å². The largest absolute Gasteiger partial charge is 0.347 e. The van der Waals surface area contributed by atoms with E-state index in [2.05, 4.69) is 118 Å². The van der Waals surface area contributed by atoms with Crippen LogP contribution >= 0.6 is 0 Å². The number of allylic oxidation sites excluding steroid dienone is 8. The zero-order valence-corrected chi connectivity index (χ0v) is 22.4. The smallest absolute Gasteiger partial charge is 0.209 e. The molecule has 0 radical (unpaired) electrons. The predicted molar refractivity (Wildman–Crippen MR) is 150 cm³/mol. The van der Waals surface area contributed by atoms with Gasteiger partial charge in [-0.1, -0.05) is 76.2 Å². The third-order valence-corrected chi connectivity index (χ3v) is 7.07. The molecule has 0 amide bonds. The molecule has 180 valence electrons. The number of anilines is 1. The Bertz CT molecular complexity index is 1290. The number of nitriles is 1. The number of likely N-dealkylation sites (N-methyl/N-ethyl adjacent to an activating group) is 1. The second-order valence-electron chi connectivity index (χ2n) is 9.79. The highest BCUT2D eigenvalue weighted by Gasteiger charge is 2.42. The van der Waals surface area contributed by atoms with Crippen molar-refractivity contribution in [1.29, 1.82) is 5.26 Å². The summed E-state index contributed by atoms with van der Waals surface area (Å²) in [6, 6.07) is 19.3. The molecule has 0 N–H and O–H groups in total. The van der Waals surface area contributed by atoms with Gasteiger partial charge in [-0.25, -0.2) is 0 Å². The van der Waals surface area contributed by atoms with E-state index in [1.165, 1.54) is 33.9 Å². The lowest BCUT2D eigenvalue weighted by atomic mass is 9.81. The zero-order valence-electron chi connectivity index (χ0n) is 22.4. The molecule has 0 bridgehead atoms. The summed E-state index contributed by atoms with van der Waals surface area (Å²) in [6.45, 7) is 13.0. The molecular formula is C32H38N3+. The minimum atomic E-state index is -0.0730. The summed E-state index contributed by atoms with van der Waals surface area (Å²) in [4.78, 5) is 2.24. The van der Waals surface area contributed by atoms with Crippen LogP contribution in [-0.2, 0) is 10.8 Å². The van der Waals surface area contributed by atoms with Crippen molar-refractivity contribution in [2.75, 3.05) is 19.0 Å². The Morgan fingerprint density at radius 3 is 2.17 bits per heavy atom. The summed E-state index contributed by atoms with van der Waals surface area (Å²) >= 11 is 0. The molecule has 2 aromatic rings. The van der Waals surface area contributed by atoms with E-state index in [0.717, 1.165) is 0 Å². The van der Waals surface area contributed by atoms with Gasteiger partial charge in [0, 0.05) is 41.6 Å². The van der Waals surface area contributed by atoms with Crippen molar-refractivity contribution in [2.24, 2.45) is 0 Å². The van der Waals surface area contributed by atoms with Crippen molar-refractivity contribution in [3.8, 4) is 6.07 Å². The zero-order chi connectivity index (χ0) is 25.8. The van der Waals surface area contributed by atoms with E-state index in [-0.39, 0.29) is 10.8 Å². The fourth-order valence-electron chi connectivity index (χ4n) is 5.22. The second kappa shape index (κ2) is 10.3. The minimum absolute atomic E-state index is 0.0730. The van der Waals surface area contributed by atoms with E-state index in [4.69, 9.17) is 0 Å². The highest BCUT2D eigenvalue weighted by atomic mass is 15.2. The Morgan fingerprint density at radius 2 is 1.54 bits per heavy atom. The van der Waals surface area contributed by atoms with Gasteiger partial charge in [0.05, 0.1) is 17.1 Å². The van der Waals surface area contributed by atoms with Crippen molar-refractivity contribution < 1.29 is 4.58 Å². The van der Waals surface area contributed by atoms with Gasteiger partial charge in [0.25, 0.3) is 0 Å². The van der Waals surface area contributed by atoms with Crippen LogP contribution in [0.2, 0.25) is 0 Å². The maximum Gasteiger partial charge on any atom is 0.209 e. The van der Waals surface area contributed by atoms with Crippen LogP contribution in [-0.4, -0.2) is 24.4 Å². The molecule has 3 nitrogen and oxygen atoms in total. The highest BCUT2D eigenvalue weighted by Crippen LogP contribution is 2.46. The number of hydrogen-bond donors (Lipinski definition) is 0. The van der Waals surface area contributed by atoms with E-state index in [1.807, 2.05) is 38.2 Å². The highest BCUT2D eigenvalue weighted by molar-refractivity contribution is 6.03. The Labute approximate surface area is 211 Å². The van der Waals surface area contributed by atoms with Gasteiger partial charge in [0.15, 0.2) is 5.71 Å². The monoisotopic (exact) mass is 464 g/mol. The molecule has 0 unspecified atom stereocenters. The van der Waals surface area contributed by atoms with Crippen molar-refractivity contribution in [2.45, 2.75) is 52.4 Å². The minimum Gasteiger partial charge on any atom is -0.347 e. The van der Waals surface area contributed by atoms with E-state index in [0.29, 0.717) is 5.57 Å². The normalized spacial score (nSPS) is 19.1. The van der Waals surface area contributed by atoms with Crippen LogP contribution in [0.1, 0.15) is 52.7 Å². The standard InChI is InChI=1S/C30H32N3.C2H6/c1-29(2)23-15-7-9-17-25(23)32(5)27(29)19-11-13-22(21-31)14-12-20-28-30(3,4)24-16-8-10-18-26(24)33(28)6;1-2/h7-20H,1-6H3;1-2H3/q+1;. The summed E-state index contributed by atoms with van der Waals surface area (Å²) < 4.78 is 2.24. The van der Waals surface area contributed by atoms with Crippen LogP contribution in [0.5, 0.6) is 0 Å². The number of benzene rings is 2. The molecule has 2 aliphatic rings. The lowest BCUT2D eigenvalue weighted by molar-refractivity contribution is -0.401. The fraction of sp³-hybridized carbons (Fsp3) is 0.312. The van der Waals surface area contributed by atoms with Crippen molar-refractivity contribution in [3.63, 3.8) is 0 Å². The lowest BCUT2D eigenvalue weighted by Gasteiger charge is -2.23. The van der Waals surface area contributed by atoms with Crippen LogP contribution < -0.4 is 4.90 Å². The number of para-hydroxylation sites is 2. The maximum atomic E-state index is 9.65. The van der Waals surface area contributed by atoms with Gasteiger partial charge in [-0.05, 0) is 43.7 Å². The van der Waals surface area contributed by atoms with Gasteiger partial charge in [-0.15, -0.1) is 0 Å². The molecular weight excluding hydrogens is 426 g/mol. The third kappa shape index (κ3) is 4.66. The fourth-order valence-corrected chi connectivity index (χ4v) is 5.22. The molecule has 2 aliphatic heterocycles. The molecule has 2 aromatic carbocycles. The topological polar surface area (TPSA) is 30.0 Å². The Morgan fingerprint density at radius 1 is 0.914 bits per heavy atom. The SMILES string of the molecule is CC.CN1/C(=C/C=C/C(C#N)=C/C=C/C2=[N+](C)c3ccccc3C2(C)C)C(C)(C)c2ccccc21. The number of fused-ring (bicyclic) bond motifs is 2. The van der Waals surface area contributed by atoms with Gasteiger partial charge in [-0.2, -0.15) is 9.84 Å². The van der Waals surface area contributed by atoms with Gasteiger partial charge in [0.2, 0.25) is 5.69 Å². The summed E-state index contributed by atoms with van der Waals surface area (Å²) in [5.41, 5.74) is 8.04. The first kappa shape index (κ1) is 26.0. The second-order valence-corrected chi connectivity index (χ2v) is 9.79. The number of rotatable bonds is 4. The number of nitrogens with zero attached hydrogens (tertiary/aromatic N) is 3. The Balaban J connectivity index is 0.00000167. The van der Waals surface area contributed by atoms with E-state index < -0.39 is 0 Å².